The lowest BCUT2D eigenvalue weighted by atomic mass is 9.99. The van der Waals surface area contributed by atoms with Gasteiger partial charge < -0.3 is 16.0 Å². The minimum Gasteiger partial charge on any atom is -0.351 e. The van der Waals surface area contributed by atoms with Crippen molar-refractivity contribution in [2.75, 3.05) is 19.6 Å². The second kappa shape index (κ2) is 8.66. The minimum absolute atomic E-state index is 0. The highest BCUT2D eigenvalue weighted by Crippen LogP contribution is 2.29. The van der Waals surface area contributed by atoms with Gasteiger partial charge in [0.15, 0.2) is 0 Å². The number of hydrogen-bond acceptors (Lipinski definition) is 4. The van der Waals surface area contributed by atoms with E-state index < -0.39 is 0 Å². The highest BCUT2D eigenvalue weighted by molar-refractivity contribution is 7.14. The molecule has 7 heteroatoms. The lowest BCUT2D eigenvalue weighted by Gasteiger charge is -2.23. The maximum absolute atomic E-state index is 12.2. The van der Waals surface area contributed by atoms with Crippen LogP contribution in [0.3, 0.4) is 0 Å². The van der Waals surface area contributed by atoms with Crippen LogP contribution in [0.2, 0.25) is 0 Å². The molecule has 1 atom stereocenters. The van der Waals surface area contributed by atoms with Gasteiger partial charge in [0.1, 0.15) is 0 Å². The third-order valence-electron chi connectivity index (χ3n) is 4.29. The van der Waals surface area contributed by atoms with Crippen LogP contribution in [0.25, 0.3) is 0 Å². The van der Waals surface area contributed by atoms with Gasteiger partial charge in [-0.3, -0.25) is 9.59 Å². The molecule has 3 rings (SSSR count). The quantitative estimate of drug-likeness (QED) is 0.767. The summed E-state index contributed by atoms with van der Waals surface area (Å²) in [6.07, 6.45) is 6.67. The van der Waals surface area contributed by atoms with Crippen LogP contribution in [-0.2, 0) is 17.6 Å². The average molecular weight is 358 g/mol. The fourth-order valence-electron chi connectivity index (χ4n) is 3.10. The molecular weight excluding hydrogens is 334 g/mol. The van der Waals surface area contributed by atoms with Gasteiger partial charge in [-0.2, -0.15) is 0 Å². The Labute approximate surface area is 147 Å². The summed E-state index contributed by atoms with van der Waals surface area (Å²) in [5, 5.41) is 8.96. The number of piperidine rings is 1. The maximum Gasteiger partial charge on any atom is 0.261 e. The fourth-order valence-corrected chi connectivity index (χ4v) is 4.27. The van der Waals surface area contributed by atoms with E-state index in [1.165, 1.54) is 23.3 Å². The van der Waals surface area contributed by atoms with Crippen molar-refractivity contribution in [2.24, 2.45) is 0 Å². The summed E-state index contributed by atoms with van der Waals surface area (Å²) >= 11 is 1.58. The second-order valence-electron chi connectivity index (χ2n) is 6.06. The first-order valence-corrected chi connectivity index (χ1v) is 8.94. The minimum atomic E-state index is -0.128. The average Bonchev–Trinajstić information content (AvgIpc) is 2.98. The maximum atomic E-state index is 12.2. The van der Waals surface area contributed by atoms with E-state index in [4.69, 9.17) is 0 Å². The molecule has 1 aliphatic carbocycles. The molecule has 2 amide bonds. The van der Waals surface area contributed by atoms with Crippen molar-refractivity contribution in [3.05, 3.63) is 21.4 Å². The number of rotatable bonds is 4. The van der Waals surface area contributed by atoms with Gasteiger partial charge in [0.2, 0.25) is 5.91 Å². The summed E-state index contributed by atoms with van der Waals surface area (Å²) < 4.78 is 0. The topological polar surface area (TPSA) is 70.2 Å². The van der Waals surface area contributed by atoms with E-state index in [1.807, 2.05) is 6.07 Å². The summed E-state index contributed by atoms with van der Waals surface area (Å²) in [6.45, 7) is 1.89. The molecule has 0 spiro atoms. The largest absolute Gasteiger partial charge is 0.351 e. The standard InChI is InChI=1S/C16H23N3O2S.ClH/c20-15(19-12-5-3-7-17-9-12)10-18-16(21)14-8-11-4-1-2-6-13(11)22-14;/h8,12,17H,1-7,9-10H2,(H,18,21)(H,19,20);1H/t12-;/m0./s1. The van der Waals surface area contributed by atoms with Gasteiger partial charge in [-0.15, -0.1) is 23.7 Å². The number of halogens is 1. The van der Waals surface area contributed by atoms with Crippen molar-refractivity contribution in [1.82, 2.24) is 16.0 Å². The molecule has 0 saturated carbocycles. The normalized spacial score (nSPS) is 20.1. The van der Waals surface area contributed by atoms with Gasteiger partial charge in [-0.05, 0) is 56.7 Å². The Balaban J connectivity index is 0.00000192. The van der Waals surface area contributed by atoms with Crippen LogP contribution in [-0.4, -0.2) is 37.5 Å². The van der Waals surface area contributed by atoms with Gasteiger partial charge in [0, 0.05) is 17.5 Å². The Morgan fingerprint density at radius 3 is 2.83 bits per heavy atom. The predicted octanol–water partition coefficient (Wildman–Crippen LogP) is 1.65. The van der Waals surface area contributed by atoms with Gasteiger partial charge in [0.25, 0.3) is 5.91 Å². The van der Waals surface area contributed by atoms with Crippen molar-refractivity contribution >= 4 is 35.6 Å². The molecular formula is C16H24ClN3O2S. The van der Waals surface area contributed by atoms with E-state index in [2.05, 4.69) is 16.0 Å². The summed E-state index contributed by atoms with van der Waals surface area (Å²) in [5.41, 5.74) is 1.32. The highest BCUT2D eigenvalue weighted by atomic mass is 35.5. The number of amides is 2. The fraction of sp³-hybridized carbons (Fsp3) is 0.625. The van der Waals surface area contributed by atoms with E-state index in [9.17, 15) is 9.59 Å². The number of hydrogen-bond donors (Lipinski definition) is 3. The van der Waals surface area contributed by atoms with Crippen molar-refractivity contribution in [2.45, 2.75) is 44.6 Å². The zero-order valence-electron chi connectivity index (χ0n) is 13.2. The van der Waals surface area contributed by atoms with Gasteiger partial charge in [0.05, 0.1) is 11.4 Å². The van der Waals surface area contributed by atoms with Crippen LogP contribution in [0.1, 0.15) is 45.8 Å². The van der Waals surface area contributed by atoms with E-state index >= 15 is 0 Å². The molecule has 1 aromatic rings. The molecule has 1 aliphatic heterocycles. The molecule has 3 N–H and O–H groups in total. The third kappa shape index (κ3) is 4.93. The molecule has 0 unspecified atom stereocenters. The molecule has 0 bridgehead atoms. The van der Waals surface area contributed by atoms with E-state index in [-0.39, 0.29) is 36.8 Å². The number of fused-ring (bicyclic) bond motifs is 1. The van der Waals surface area contributed by atoms with Gasteiger partial charge in [-0.1, -0.05) is 0 Å². The molecule has 1 saturated heterocycles. The Bertz CT molecular complexity index is 532. The van der Waals surface area contributed by atoms with Gasteiger partial charge in [-0.25, -0.2) is 0 Å². The molecule has 128 valence electrons. The summed E-state index contributed by atoms with van der Waals surface area (Å²) in [7, 11) is 0. The highest BCUT2D eigenvalue weighted by Gasteiger charge is 2.19. The van der Waals surface area contributed by atoms with Crippen molar-refractivity contribution in [1.29, 1.82) is 0 Å². The van der Waals surface area contributed by atoms with Gasteiger partial charge >= 0.3 is 0 Å². The first kappa shape index (κ1) is 18.2. The van der Waals surface area contributed by atoms with Crippen LogP contribution in [0.15, 0.2) is 6.07 Å². The van der Waals surface area contributed by atoms with Crippen LogP contribution < -0.4 is 16.0 Å². The van der Waals surface area contributed by atoms with Crippen molar-refractivity contribution in [3.63, 3.8) is 0 Å². The summed E-state index contributed by atoms with van der Waals surface area (Å²) in [6, 6.07) is 2.18. The molecule has 1 aromatic heterocycles. The number of carbonyl (C=O) groups is 2. The third-order valence-corrected chi connectivity index (χ3v) is 5.53. The van der Waals surface area contributed by atoms with Crippen molar-refractivity contribution in [3.8, 4) is 0 Å². The van der Waals surface area contributed by atoms with Crippen LogP contribution >= 0.6 is 23.7 Å². The molecule has 2 aliphatic rings. The SMILES string of the molecule is Cl.O=C(CNC(=O)c1cc2c(s1)CCCC2)N[C@H]1CCCNC1. The number of carbonyl (C=O) groups excluding carboxylic acids is 2. The molecule has 0 aromatic carbocycles. The second-order valence-corrected chi connectivity index (χ2v) is 7.20. The Kier molecular flexibility index (Phi) is 6.87. The molecule has 1 fully saturated rings. The first-order chi connectivity index (χ1) is 10.7. The van der Waals surface area contributed by atoms with Crippen LogP contribution in [0.4, 0.5) is 0 Å². The molecule has 23 heavy (non-hydrogen) atoms. The smallest absolute Gasteiger partial charge is 0.261 e. The molecule has 5 nitrogen and oxygen atoms in total. The Morgan fingerprint density at radius 2 is 2.09 bits per heavy atom. The lowest BCUT2D eigenvalue weighted by Crippen LogP contribution is -2.48. The lowest BCUT2D eigenvalue weighted by molar-refractivity contribution is -0.120. The Hall–Kier alpha value is -1.11. The van der Waals surface area contributed by atoms with E-state index in [0.29, 0.717) is 0 Å². The first-order valence-electron chi connectivity index (χ1n) is 8.12. The predicted molar refractivity (Wildman–Crippen MR) is 94.6 cm³/mol. The van der Waals surface area contributed by atoms with Crippen LogP contribution in [0.5, 0.6) is 0 Å². The van der Waals surface area contributed by atoms with E-state index in [1.54, 1.807) is 11.3 Å². The molecule has 0 radical (unpaired) electrons. The van der Waals surface area contributed by atoms with Crippen molar-refractivity contribution < 1.29 is 9.59 Å². The number of aryl methyl sites for hydroxylation is 2. The summed E-state index contributed by atoms with van der Waals surface area (Å²) in [4.78, 5) is 26.1. The Morgan fingerprint density at radius 1 is 1.26 bits per heavy atom. The van der Waals surface area contributed by atoms with Crippen LogP contribution in [0, 0.1) is 0 Å². The monoisotopic (exact) mass is 357 g/mol. The summed E-state index contributed by atoms with van der Waals surface area (Å²) in [5.74, 6) is -0.236. The number of nitrogens with one attached hydrogen (secondary N) is 3. The van der Waals surface area contributed by atoms with E-state index in [0.717, 1.165) is 43.6 Å². The number of thiophene rings is 1. The zero-order valence-corrected chi connectivity index (χ0v) is 14.8. The molecule has 2 heterocycles. The zero-order chi connectivity index (χ0) is 15.4.